The molecule has 1 aliphatic heterocycles. The Morgan fingerprint density at radius 3 is 2.38 bits per heavy atom. The Labute approximate surface area is 240 Å². The monoisotopic (exact) mass is 542 g/mol. The molecule has 5 rings (SSSR count). The molecule has 214 valence electrons. The van der Waals surface area contributed by atoms with Crippen LogP contribution in [-0.2, 0) is 19.4 Å². The van der Waals surface area contributed by atoms with Gasteiger partial charge in [-0.1, -0.05) is 43.5 Å². The van der Waals surface area contributed by atoms with Gasteiger partial charge in [-0.25, -0.2) is 0 Å². The zero-order valence-electron chi connectivity index (χ0n) is 24.4. The fourth-order valence-corrected chi connectivity index (χ4v) is 6.38. The molecular weight excluding hydrogens is 496 g/mol. The number of aromatic hydroxyl groups is 1. The molecule has 1 fully saturated rings. The number of rotatable bonds is 10. The largest absolute Gasteiger partial charge is 0.508 e. The van der Waals surface area contributed by atoms with E-state index >= 15 is 0 Å². The van der Waals surface area contributed by atoms with Crippen molar-refractivity contribution < 1.29 is 14.6 Å². The third kappa shape index (κ3) is 7.31. The fourth-order valence-electron chi connectivity index (χ4n) is 6.38. The van der Waals surface area contributed by atoms with Crippen molar-refractivity contribution in [1.82, 2.24) is 4.90 Å². The van der Waals surface area contributed by atoms with E-state index < -0.39 is 0 Å². The molecule has 1 N–H and O–H groups in total. The third-order valence-corrected chi connectivity index (χ3v) is 8.74. The lowest BCUT2D eigenvalue weighted by Gasteiger charge is -2.32. The predicted molar refractivity (Wildman–Crippen MR) is 164 cm³/mol. The van der Waals surface area contributed by atoms with Gasteiger partial charge in [-0.05, 0) is 111 Å². The number of nitrogens with zero attached hydrogens (tertiary/aromatic N) is 2. The van der Waals surface area contributed by atoms with Gasteiger partial charge in [0.15, 0.2) is 0 Å². The lowest BCUT2D eigenvalue weighted by Crippen LogP contribution is -2.31. The van der Waals surface area contributed by atoms with E-state index in [0.717, 1.165) is 57.0 Å². The van der Waals surface area contributed by atoms with Gasteiger partial charge in [0.2, 0.25) is 0 Å². The van der Waals surface area contributed by atoms with Gasteiger partial charge in [0, 0.05) is 31.4 Å². The van der Waals surface area contributed by atoms with Crippen molar-refractivity contribution in [2.75, 3.05) is 44.8 Å². The van der Waals surface area contributed by atoms with Crippen LogP contribution in [0.5, 0.6) is 17.2 Å². The van der Waals surface area contributed by atoms with Crippen LogP contribution in [0.25, 0.3) is 0 Å². The zero-order valence-corrected chi connectivity index (χ0v) is 24.4. The van der Waals surface area contributed by atoms with Crippen molar-refractivity contribution in [2.24, 2.45) is 0 Å². The Morgan fingerprint density at radius 1 is 0.875 bits per heavy atom. The van der Waals surface area contributed by atoms with Crippen LogP contribution in [0.1, 0.15) is 73.6 Å². The van der Waals surface area contributed by atoms with Gasteiger partial charge in [0.1, 0.15) is 23.9 Å². The molecule has 0 saturated carbocycles. The van der Waals surface area contributed by atoms with Gasteiger partial charge < -0.3 is 19.5 Å². The minimum absolute atomic E-state index is 0.365. The summed E-state index contributed by atoms with van der Waals surface area (Å²) < 4.78 is 11.8. The van der Waals surface area contributed by atoms with Crippen LogP contribution in [0, 0.1) is 0 Å². The van der Waals surface area contributed by atoms with E-state index in [-0.39, 0.29) is 0 Å². The van der Waals surface area contributed by atoms with Crippen molar-refractivity contribution >= 4 is 5.69 Å². The Balaban J connectivity index is 1.24. The van der Waals surface area contributed by atoms with Gasteiger partial charge in [-0.15, -0.1) is 0 Å². The van der Waals surface area contributed by atoms with E-state index in [0.29, 0.717) is 11.7 Å². The molecule has 5 nitrogen and oxygen atoms in total. The van der Waals surface area contributed by atoms with Gasteiger partial charge in [0.25, 0.3) is 0 Å². The Bertz CT molecular complexity index is 1220. The van der Waals surface area contributed by atoms with Gasteiger partial charge in [-0.2, -0.15) is 0 Å². The van der Waals surface area contributed by atoms with Gasteiger partial charge in [0.05, 0.1) is 7.11 Å². The second-order valence-electron chi connectivity index (χ2n) is 11.4. The average molecular weight is 543 g/mol. The number of benzene rings is 3. The Morgan fingerprint density at radius 2 is 1.62 bits per heavy atom. The Kier molecular flexibility index (Phi) is 9.88. The van der Waals surface area contributed by atoms with E-state index in [4.69, 9.17) is 9.47 Å². The number of anilines is 1. The highest BCUT2D eigenvalue weighted by Gasteiger charge is 2.24. The van der Waals surface area contributed by atoms with E-state index in [1.54, 1.807) is 7.11 Å². The maximum atomic E-state index is 9.92. The van der Waals surface area contributed by atoms with E-state index in [1.165, 1.54) is 73.1 Å². The fraction of sp³-hybridized carbons (Fsp3) is 0.486. The van der Waals surface area contributed by atoms with E-state index in [9.17, 15) is 5.11 Å². The van der Waals surface area contributed by atoms with Crippen LogP contribution < -0.4 is 14.4 Å². The molecule has 0 bridgehead atoms. The molecule has 1 aliphatic carbocycles. The summed E-state index contributed by atoms with van der Waals surface area (Å²) in [4.78, 5) is 5.02. The molecule has 3 aromatic rings. The van der Waals surface area contributed by atoms with E-state index in [1.807, 2.05) is 12.1 Å². The summed E-state index contributed by atoms with van der Waals surface area (Å²) in [7, 11) is 1.74. The number of phenolic OH excluding ortho intramolecular Hbond substituents is 1. The maximum absolute atomic E-state index is 9.92. The van der Waals surface area contributed by atoms with Crippen molar-refractivity contribution in [3.05, 3.63) is 82.9 Å². The van der Waals surface area contributed by atoms with Crippen LogP contribution in [-0.4, -0.2) is 49.9 Å². The lowest BCUT2D eigenvalue weighted by molar-refractivity contribution is 0.195. The summed E-state index contributed by atoms with van der Waals surface area (Å²) in [6.45, 7) is 8.14. The highest BCUT2D eigenvalue weighted by molar-refractivity contribution is 5.60. The first-order chi connectivity index (χ1) is 19.6. The molecule has 0 aromatic heterocycles. The molecule has 0 radical (unpaired) electrons. The number of fused-ring (bicyclic) bond motifs is 1. The summed E-state index contributed by atoms with van der Waals surface area (Å²) in [6.07, 6.45) is 9.83. The summed E-state index contributed by atoms with van der Waals surface area (Å²) in [6, 6.07) is 21.1. The number of hydrogen-bond donors (Lipinski definition) is 1. The van der Waals surface area contributed by atoms with Crippen molar-refractivity contribution in [1.29, 1.82) is 0 Å². The van der Waals surface area contributed by atoms with Crippen LogP contribution in [0.15, 0.2) is 60.7 Å². The number of phenols is 1. The first kappa shape index (κ1) is 28.4. The van der Waals surface area contributed by atoms with Crippen molar-refractivity contribution in [3.63, 3.8) is 0 Å². The van der Waals surface area contributed by atoms with Crippen LogP contribution in [0.2, 0.25) is 0 Å². The van der Waals surface area contributed by atoms with Crippen LogP contribution in [0.3, 0.4) is 0 Å². The highest BCUT2D eigenvalue weighted by Crippen LogP contribution is 2.40. The summed E-state index contributed by atoms with van der Waals surface area (Å²) in [5, 5.41) is 9.92. The number of methoxy groups -OCH3 is 1. The third-order valence-electron chi connectivity index (χ3n) is 8.74. The molecule has 40 heavy (non-hydrogen) atoms. The van der Waals surface area contributed by atoms with E-state index in [2.05, 4.69) is 65.3 Å². The molecule has 3 aromatic carbocycles. The molecule has 1 saturated heterocycles. The first-order valence-corrected chi connectivity index (χ1v) is 15.3. The van der Waals surface area contributed by atoms with Crippen LogP contribution in [0.4, 0.5) is 5.69 Å². The summed E-state index contributed by atoms with van der Waals surface area (Å²) in [5.41, 5.74) is 6.54. The number of ether oxygens (including phenoxy) is 2. The minimum atomic E-state index is 0.365. The van der Waals surface area contributed by atoms with Crippen molar-refractivity contribution in [2.45, 2.75) is 70.8 Å². The number of likely N-dealkylation sites (tertiary alicyclic amines) is 1. The maximum Gasteiger partial charge on any atom is 0.120 e. The van der Waals surface area contributed by atoms with Crippen molar-refractivity contribution in [3.8, 4) is 17.2 Å². The summed E-state index contributed by atoms with van der Waals surface area (Å²) >= 11 is 0. The Hall–Kier alpha value is -3.18. The normalized spacial score (nSPS) is 17.9. The van der Waals surface area contributed by atoms with Gasteiger partial charge in [-0.3, -0.25) is 4.90 Å². The lowest BCUT2D eigenvalue weighted by atomic mass is 9.79. The SMILES string of the molecule is CCN(Cc1ccc(OCCN2CCCCCCC2)cc1)c1cc(OC)ccc1C1CCc2cc(O)ccc2C1. The summed E-state index contributed by atoms with van der Waals surface area (Å²) in [5.74, 6) is 2.65. The molecule has 2 aliphatic rings. The second kappa shape index (κ2) is 13.9. The molecule has 0 spiro atoms. The molecule has 0 amide bonds. The number of hydrogen-bond acceptors (Lipinski definition) is 5. The van der Waals surface area contributed by atoms with Crippen LogP contribution >= 0.6 is 0 Å². The zero-order chi connectivity index (χ0) is 27.7. The predicted octanol–water partition coefficient (Wildman–Crippen LogP) is 7.34. The smallest absolute Gasteiger partial charge is 0.120 e. The number of aryl methyl sites for hydroxylation is 1. The quantitative estimate of drug-likeness (QED) is 0.290. The average Bonchev–Trinajstić information content (AvgIpc) is 2.97. The molecular formula is C35H46N2O3. The highest BCUT2D eigenvalue weighted by atomic mass is 16.5. The second-order valence-corrected chi connectivity index (χ2v) is 11.4. The first-order valence-electron chi connectivity index (χ1n) is 15.3. The molecule has 1 heterocycles. The molecule has 1 unspecified atom stereocenters. The molecule has 5 heteroatoms. The topological polar surface area (TPSA) is 45.2 Å². The minimum Gasteiger partial charge on any atom is -0.508 e. The standard InChI is InChI=1S/C35H46N2O3/c1-3-37(26-27-9-15-32(16-10-27)40-22-21-36-19-7-5-4-6-8-20-36)35-25-33(39-2)17-18-34(35)30-12-11-29-24-31(38)14-13-28(29)23-30/h9-10,13-18,24-25,30,38H,3-8,11-12,19-23,26H2,1-2H3. The van der Waals surface area contributed by atoms with Gasteiger partial charge >= 0.3 is 0 Å². The molecule has 1 atom stereocenters.